The molecule has 0 aliphatic carbocycles. The van der Waals surface area contributed by atoms with E-state index in [9.17, 15) is 0 Å². The Morgan fingerprint density at radius 1 is 0.327 bits per heavy atom. The van der Waals surface area contributed by atoms with Gasteiger partial charge in [-0.15, -0.1) is 0 Å². The van der Waals surface area contributed by atoms with Crippen molar-refractivity contribution in [1.29, 1.82) is 0 Å². The average Bonchev–Trinajstić information content (AvgIpc) is 3.79. The fourth-order valence-corrected chi connectivity index (χ4v) is 7.74. The van der Waals surface area contributed by atoms with Gasteiger partial charge in [-0.25, -0.2) is 15.0 Å². The molecule has 3 aromatic heterocycles. The molecule has 5 nitrogen and oxygen atoms in total. The normalized spacial score (nSPS) is 11.8. The highest BCUT2D eigenvalue weighted by molar-refractivity contribution is 6.17. The van der Waals surface area contributed by atoms with E-state index >= 15 is 0 Å². The van der Waals surface area contributed by atoms with Crippen molar-refractivity contribution in [1.82, 2.24) is 15.0 Å². The van der Waals surface area contributed by atoms with Crippen LogP contribution in [0.25, 0.3) is 111 Å². The van der Waals surface area contributed by atoms with Crippen LogP contribution in [-0.2, 0) is 0 Å². The molecule has 242 valence electrons. The molecule has 0 saturated heterocycles. The number of rotatable bonds is 4. The summed E-state index contributed by atoms with van der Waals surface area (Å²) < 4.78 is 12.8. The lowest BCUT2D eigenvalue weighted by Crippen LogP contribution is -2.02. The van der Waals surface area contributed by atoms with Crippen LogP contribution >= 0.6 is 0 Å². The molecule has 11 rings (SSSR count). The smallest absolute Gasteiger partial charge is 0.165 e. The molecule has 0 N–H and O–H groups in total. The number of hydrogen-bond acceptors (Lipinski definition) is 5. The molecule has 0 aliphatic heterocycles. The summed E-state index contributed by atoms with van der Waals surface area (Å²) in [5.74, 6) is 1.73. The van der Waals surface area contributed by atoms with Crippen LogP contribution in [0.4, 0.5) is 0 Å². The number of aromatic nitrogens is 3. The lowest BCUT2D eigenvalue weighted by Gasteiger charge is -2.14. The Kier molecular flexibility index (Phi) is 6.18. The van der Waals surface area contributed by atoms with Gasteiger partial charge in [-0.2, -0.15) is 0 Å². The van der Waals surface area contributed by atoms with Gasteiger partial charge in [0.05, 0.1) is 0 Å². The van der Waals surface area contributed by atoms with Gasteiger partial charge in [0.1, 0.15) is 22.3 Å². The van der Waals surface area contributed by atoms with Crippen molar-refractivity contribution in [3.05, 3.63) is 164 Å². The largest absolute Gasteiger partial charge is 0.456 e. The van der Waals surface area contributed by atoms with Gasteiger partial charge in [-0.3, -0.25) is 0 Å². The molecule has 3 heterocycles. The van der Waals surface area contributed by atoms with E-state index in [0.717, 1.165) is 71.7 Å². The maximum atomic E-state index is 6.47. The molecule has 0 saturated carbocycles. The van der Waals surface area contributed by atoms with Crippen LogP contribution < -0.4 is 0 Å². The van der Waals surface area contributed by atoms with Gasteiger partial charge < -0.3 is 8.83 Å². The van der Waals surface area contributed by atoms with E-state index in [4.69, 9.17) is 23.8 Å². The van der Waals surface area contributed by atoms with Crippen molar-refractivity contribution in [3.8, 4) is 45.3 Å². The first-order chi connectivity index (χ1) is 25.8. The molecule has 0 bridgehead atoms. The third-order valence-electron chi connectivity index (χ3n) is 10.1. The Morgan fingerprint density at radius 3 is 1.73 bits per heavy atom. The number of para-hydroxylation sites is 2. The molecule has 0 atom stereocenters. The van der Waals surface area contributed by atoms with Crippen molar-refractivity contribution >= 4 is 65.4 Å². The van der Waals surface area contributed by atoms with Gasteiger partial charge in [0.25, 0.3) is 0 Å². The Morgan fingerprint density at radius 2 is 0.923 bits per heavy atom. The van der Waals surface area contributed by atoms with Crippen LogP contribution in [0.15, 0.2) is 173 Å². The first-order valence-corrected chi connectivity index (χ1v) is 17.4. The average molecular weight is 666 g/mol. The SMILES string of the molecule is c1ccc(-c2nc(-c3cccc4oc5ccccc5c34)nc(-c3c(-c4ccc5ccc6ccccc6c5c4)ccc4oc5ccccc5c34)n2)cc1. The monoisotopic (exact) mass is 665 g/mol. The van der Waals surface area contributed by atoms with Crippen LogP contribution in [0.5, 0.6) is 0 Å². The maximum Gasteiger partial charge on any atom is 0.165 e. The van der Waals surface area contributed by atoms with Crippen LogP contribution in [0.3, 0.4) is 0 Å². The van der Waals surface area contributed by atoms with Gasteiger partial charge in [0.2, 0.25) is 0 Å². The molecule has 52 heavy (non-hydrogen) atoms. The maximum absolute atomic E-state index is 6.47. The second-order valence-electron chi connectivity index (χ2n) is 13.1. The summed E-state index contributed by atoms with van der Waals surface area (Å²) in [5, 5.41) is 8.77. The van der Waals surface area contributed by atoms with Crippen LogP contribution in [0.1, 0.15) is 0 Å². The number of hydrogen-bond donors (Lipinski definition) is 0. The third-order valence-corrected chi connectivity index (χ3v) is 10.1. The van der Waals surface area contributed by atoms with Crippen molar-refractivity contribution in [2.24, 2.45) is 0 Å². The van der Waals surface area contributed by atoms with Crippen molar-refractivity contribution in [2.75, 3.05) is 0 Å². The van der Waals surface area contributed by atoms with Crippen molar-refractivity contribution in [3.63, 3.8) is 0 Å². The van der Waals surface area contributed by atoms with E-state index in [1.165, 1.54) is 21.5 Å². The van der Waals surface area contributed by atoms with Crippen molar-refractivity contribution < 1.29 is 8.83 Å². The van der Waals surface area contributed by atoms with E-state index in [0.29, 0.717) is 17.5 Å². The molecule has 0 fully saturated rings. The number of furan rings is 2. The van der Waals surface area contributed by atoms with E-state index in [1.54, 1.807) is 0 Å². The first-order valence-electron chi connectivity index (χ1n) is 17.4. The Labute approximate surface area is 297 Å². The van der Waals surface area contributed by atoms with Crippen molar-refractivity contribution in [2.45, 2.75) is 0 Å². The standard InChI is InChI=1S/C47H27N3O2/c1-2-12-30(13-3-1)45-48-46(36-17-10-20-40-42(36)34-15-6-8-18-38(34)51-40)50-47(49-45)44-33(25-26-41-43(44)35-16-7-9-19-39(35)52-41)31-24-23-29-22-21-28-11-4-5-14-32(28)37(29)27-31/h1-27H. The quantitative estimate of drug-likeness (QED) is 0.175. The zero-order valence-corrected chi connectivity index (χ0v) is 27.7. The summed E-state index contributed by atoms with van der Waals surface area (Å²) >= 11 is 0. The molecule has 0 unspecified atom stereocenters. The Hall–Kier alpha value is -7.11. The third kappa shape index (κ3) is 4.39. The molecular formula is C47H27N3O2. The van der Waals surface area contributed by atoms with E-state index in [2.05, 4.69) is 91.0 Å². The summed E-state index contributed by atoms with van der Waals surface area (Å²) in [6, 6.07) is 56.3. The first kappa shape index (κ1) is 28.7. The van der Waals surface area contributed by atoms with Gasteiger partial charge >= 0.3 is 0 Å². The fraction of sp³-hybridized carbons (Fsp3) is 0. The van der Waals surface area contributed by atoms with Crippen LogP contribution in [0.2, 0.25) is 0 Å². The van der Waals surface area contributed by atoms with E-state index in [-0.39, 0.29) is 0 Å². The minimum atomic E-state index is 0.568. The van der Waals surface area contributed by atoms with Gasteiger partial charge in [0, 0.05) is 38.2 Å². The van der Waals surface area contributed by atoms with Gasteiger partial charge in [-0.1, -0.05) is 127 Å². The minimum absolute atomic E-state index is 0.568. The highest BCUT2D eigenvalue weighted by Crippen LogP contribution is 2.44. The predicted octanol–water partition coefficient (Wildman–Crippen LogP) is 12.6. The Balaban J connectivity index is 1.26. The molecule has 5 heteroatoms. The second-order valence-corrected chi connectivity index (χ2v) is 13.1. The Bertz CT molecular complexity index is 3190. The zero-order valence-electron chi connectivity index (χ0n) is 27.7. The zero-order chi connectivity index (χ0) is 34.2. The number of fused-ring (bicyclic) bond motifs is 9. The lowest BCUT2D eigenvalue weighted by molar-refractivity contribution is 0.668. The highest BCUT2D eigenvalue weighted by atomic mass is 16.3. The molecule has 0 spiro atoms. The molecule has 11 aromatic rings. The highest BCUT2D eigenvalue weighted by Gasteiger charge is 2.23. The second kappa shape index (κ2) is 11.2. The molecule has 0 amide bonds. The lowest BCUT2D eigenvalue weighted by atomic mass is 9.92. The van der Waals surface area contributed by atoms with Crippen LogP contribution in [0, 0.1) is 0 Å². The van der Waals surface area contributed by atoms with E-state index in [1.807, 2.05) is 72.8 Å². The molecule has 0 radical (unpaired) electrons. The van der Waals surface area contributed by atoms with Gasteiger partial charge in [0.15, 0.2) is 17.5 Å². The fourth-order valence-electron chi connectivity index (χ4n) is 7.74. The summed E-state index contributed by atoms with van der Waals surface area (Å²) in [6.45, 7) is 0. The molecule has 0 aliphatic rings. The summed E-state index contributed by atoms with van der Waals surface area (Å²) in [5.41, 5.74) is 7.95. The summed E-state index contributed by atoms with van der Waals surface area (Å²) in [6.07, 6.45) is 0. The minimum Gasteiger partial charge on any atom is -0.456 e. The van der Waals surface area contributed by atoms with Gasteiger partial charge in [-0.05, 0) is 69.1 Å². The molecule has 8 aromatic carbocycles. The predicted molar refractivity (Wildman–Crippen MR) is 211 cm³/mol. The number of benzene rings is 8. The van der Waals surface area contributed by atoms with Crippen LogP contribution in [-0.4, -0.2) is 15.0 Å². The summed E-state index contributed by atoms with van der Waals surface area (Å²) in [4.78, 5) is 15.8. The number of nitrogens with zero attached hydrogens (tertiary/aromatic N) is 3. The van der Waals surface area contributed by atoms with E-state index < -0.39 is 0 Å². The topological polar surface area (TPSA) is 65.0 Å². The molecular weight excluding hydrogens is 639 g/mol. The summed E-state index contributed by atoms with van der Waals surface area (Å²) in [7, 11) is 0.